The van der Waals surface area contributed by atoms with Gasteiger partial charge in [-0.15, -0.1) is 0 Å². The third kappa shape index (κ3) is 5.87. The van der Waals surface area contributed by atoms with E-state index in [9.17, 15) is 14.4 Å². The van der Waals surface area contributed by atoms with E-state index in [1.54, 1.807) is 4.90 Å². The molecule has 0 aliphatic carbocycles. The van der Waals surface area contributed by atoms with E-state index in [-0.39, 0.29) is 30.2 Å². The number of rotatable bonds is 5. The zero-order valence-electron chi connectivity index (χ0n) is 13.8. The Morgan fingerprint density at radius 2 is 2.00 bits per heavy atom. The van der Waals surface area contributed by atoms with E-state index in [1.807, 2.05) is 20.8 Å². The molecule has 6 heteroatoms. The van der Waals surface area contributed by atoms with Gasteiger partial charge in [-0.3, -0.25) is 14.4 Å². The van der Waals surface area contributed by atoms with Crippen molar-refractivity contribution in [1.29, 1.82) is 0 Å². The van der Waals surface area contributed by atoms with Crippen LogP contribution in [0.15, 0.2) is 12.7 Å². The molecule has 1 heterocycles. The molecule has 0 aromatic carbocycles. The fourth-order valence-electron chi connectivity index (χ4n) is 2.25. The summed E-state index contributed by atoms with van der Waals surface area (Å²) in [5.74, 6) is -0.272. The average Bonchev–Trinajstić information content (AvgIpc) is 2.46. The minimum atomic E-state index is -0.429. The average molecular weight is 309 g/mol. The van der Waals surface area contributed by atoms with Crippen LogP contribution in [0.1, 0.15) is 40.0 Å². The normalized spacial score (nSPS) is 18.5. The van der Waals surface area contributed by atoms with Crippen LogP contribution in [-0.2, 0) is 14.4 Å². The molecule has 1 aliphatic rings. The molecule has 0 aromatic rings. The van der Waals surface area contributed by atoms with Gasteiger partial charge in [-0.25, -0.2) is 0 Å². The third-order valence-corrected chi connectivity index (χ3v) is 3.61. The van der Waals surface area contributed by atoms with Crippen LogP contribution >= 0.6 is 0 Å². The Bertz CT molecular complexity index is 440. The predicted octanol–water partition coefficient (Wildman–Crippen LogP) is 0.832. The number of carbonyl (C=O) groups excluding carboxylic acids is 3. The quantitative estimate of drug-likeness (QED) is 0.738. The van der Waals surface area contributed by atoms with Crippen LogP contribution in [0.2, 0.25) is 0 Å². The van der Waals surface area contributed by atoms with Crippen molar-refractivity contribution < 1.29 is 14.4 Å². The molecule has 1 aliphatic heterocycles. The standard InChI is InChI=1S/C16H27N3O3/c1-5-13(20)17-9-8-14(21)19-10-6-7-12(11-19)18-15(22)16(2,3)4/h5,12H,1,6-11H2,2-4H3,(H,17,20)(H,18,22). The van der Waals surface area contributed by atoms with Gasteiger partial charge in [-0.2, -0.15) is 0 Å². The van der Waals surface area contributed by atoms with E-state index in [1.165, 1.54) is 6.08 Å². The molecular weight excluding hydrogens is 282 g/mol. The molecule has 0 saturated carbocycles. The number of hydrogen-bond donors (Lipinski definition) is 2. The lowest BCUT2D eigenvalue weighted by Crippen LogP contribution is -2.52. The van der Waals surface area contributed by atoms with Crippen LogP contribution in [0.25, 0.3) is 0 Å². The molecule has 1 atom stereocenters. The van der Waals surface area contributed by atoms with Gasteiger partial charge < -0.3 is 15.5 Å². The number of piperidine rings is 1. The van der Waals surface area contributed by atoms with Gasteiger partial charge in [0.2, 0.25) is 17.7 Å². The molecule has 1 rings (SSSR count). The lowest BCUT2D eigenvalue weighted by atomic mass is 9.94. The Labute approximate surface area is 132 Å². The highest BCUT2D eigenvalue weighted by Gasteiger charge is 2.28. The molecule has 1 unspecified atom stereocenters. The number of carbonyl (C=O) groups is 3. The van der Waals surface area contributed by atoms with Crippen molar-refractivity contribution >= 4 is 17.7 Å². The maximum atomic E-state index is 12.1. The Hall–Kier alpha value is -1.85. The smallest absolute Gasteiger partial charge is 0.243 e. The first-order chi connectivity index (χ1) is 10.2. The van der Waals surface area contributed by atoms with Gasteiger partial charge >= 0.3 is 0 Å². The second kappa shape index (κ2) is 7.96. The molecule has 0 radical (unpaired) electrons. The van der Waals surface area contributed by atoms with Crippen molar-refractivity contribution in [3.8, 4) is 0 Å². The minimum Gasteiger partial charge on any atom is -0.352 e. The van der Waals surface area contributed by atoms with Gasteiger partial charge in [0.25, 0.3) is 0 Å². The largest absolute Gasteiger partial charge is 0.352 e. The summed E-state index contributed by atoms with van der Waals surface area (Å²) in [5, 5.41) is 5.60. The minimum absolute atomic E-state index is 0.000861. The summed E-state index contributed by atoms with van der Waals surface area (Å²) < 4.78 is 0. The monoisotopic (exact) mass is 309 g/mol. The first-order valence-electron chi connectivity index (χ1n) is 7.73. The molecule has 0 bridgehead atoms. The summed E-state index contributed by atoms with van der Waals surface area (Å²) in [4.78, 5) is 36.9. The van der Waals surface area contributed by atoms with Crippen molar-refractivity contribution in [3.05, 3.63) is 12.7 Å². The summed E-state index contributed by atoms with van der Waals surface area (Å²) in [5.41, 5.74) is -0.429. The fourth-order valence-corrected chi connectivity index (χ4v) is 2.25. The topological polar surface area (TPSA) is 78.5 Å². The van der Waals surface area contributed by atoms with Gasteiger partial charge in [-0.05, 0) is 18.9 Å². The van der Waals surface area contributed by atoms with Gasteiger partial charge in [0, 0.05) is 37.5 Å². The van der Waals surface area contributed by atoms with Crippen LogP contribution in [0, 0.1) is 5.41 Å². The molecule has 3 amide bonds. The Morgan fingerprint density at radius 3 is 2.59 bits per heavy atom. The summed E-state index contributed by atoms with van der Waals surface area (Å²) in [7, 11) is 0. The molecule has 22 heavy (non-hydrogen) atoms. The SMILES string of the molecule is C=CC(=O)NCCC(=O)N1CCCC(NC(=O)C(C)(C)C)C1. The van der Waals surface area contributed by atoms with Gasteiger partial charge in [0.05, 0.1) is 0 Å². The Kier molecular flexibility index (Phi) is 6.59. The lowest BCUT2D eigenvalue weighted by molar-refractivity contribution is -0.135. The number of nitrogens with zero attached hydrogens (tertiary/aromatic N) is 1. The molecular formula is C16H27N3O3. The molecule has 0 aromatic heterocycles. The number of nitrogens with one attached hydrogen (secondary N) is 2. The van der Waals surface area contributed by atoms with Crippen molar-refractivity contribution in [1.82, 2.24) is 15.5 Å². The highest BCUT2D eigenvalue weighted by molar-refractivity contribution is 5.87. The van der Waals surface area contributed by atoms with E-state index < -0.39 is 5.41 Å². The van der Waals surface area contributed by atoms with Gasteiger partial charge in [0.1, 0.15) is 0 Å². The first kappa shape index (κ1) is 18.2. The Morgan fingerprint density at radius 1 is 1.32 bits per heavy atom. The van der Waals surface area contributed by atoms with Crippen LogP contribution in [-0.4, -0.2) is 48.3 Å². The Balaban J connectivity index is 2.42. The van der Waals surface area contributed by atoms with Gasteiger partial charge in [-0.1, -0.05) is 27.4 Å². The van der Waals surface area contributed by atoms with E-state index in [0.717, 1.165) is 12.8 Å². The zero-order chi connectivity index (χ0) is 16.8. The predicted molar refractivity (Wildman–Crippen MR) is 85.0 cm³/mol. The van der Waals surface area contributed by atoms with E-state index in [4.69, 9.17) is 0 Å². The number of hydrogen-bond acceptors (Lipinski definition) is 3. The molecule has 124 valence electrons. The maximum Gasteiger partial charge on any atom is 0.243 e. The van der Waals surface area contributed by atoms with E-state index in [0.29, 0.717) is 19.6 Å². The number of likely N-dealkylation sites (tertiary alicyclic amines) is 1. The van der Waals surface area contributed by atoms with Crippen molar-refractivity contribution in [2.24, 2.45) is 5.41 Å². The molecule has 0 spiro atoms. The lowest BCUT2D eigenvalue weighted by Gasteiger charge is -2.34. The highest BCUT2D eigenvalue weighted by atomic mass is 16.2. The highest BCUT2D eigenvalue weighted by Crippen LogP contribution is 2.16. The van der Waals surface area contributed by atoms with Crippen LogP contribution in [0.5, 0.6) is 0 Å². The van der Waals surface area contributed by atoms with E-state index in [2.05, 4.69) is 17.2 Å². The van der Waals surface area contributed by atoms with Crippen molar-refractivity contribution in [2.45, 2.75) is 46.1 Å². The summed E-state index contributed by atoms with van der Waals surface area (Å²) in [6.45, 7) is 10.5. The second-order valence-corrected chi connectivity index (χ2v) is 6.65. The maximum absolute atomic E-state index is 12.1. The first-order valence-corrected chi connectivity index (χ1v) is 7.73. The van der Waals surface area contributed by atoms with Gasteiger partial charge in [0.15, 0.2) is 0 Å². The molecule has 1 saturated heterocycles. The zero-order valence-corrected chi connectivity index (χ0v) is 13.8. The van der Waals surface area contributed by atoms with Crippen LogP contribution in [0.3, 0.4) is 0 Å². The summed E-state index contributed by atoms with van der Waals surface area (Å²) in [6, 6.07) is 0.00666. The van der Waals surface area contributed by atoms with Crippen LogP contribution in [0.4, 0.5) is 0 Å². The van der Waals surface area contributed by atoms with E-state index >= 15 is 0 Å². The summed E-state index contributed by atoms with van der Waals surface area (Å²) in [6.07, 6.45) is 3.21. The molecule has 1 fully saturated rings. The van der Waals surface area contributed by atoms with Crippen molar-refractivity contribution in [2.75, 3.05) is 19.6 Å². The summed E-state index contributed by atoms with van der Waals surface area (Å²) >= 11 is 0. The molecule has 2 N–H and O–H groups in total. The molecule has 6 nitrogen and oxygen atoms in total. The van der Waals surface area contributed by atoms with Crippen molar-refractivity contribution in [3.63, 3.8) is 0 Å². The number of amides is 3. The van der Waals surface area contributed by atoms with Crippen LogP contribution < -0.4 is 10.6 Å². The third-order valence-electron chi connectivity index (χ3n) is 3.61. The fraction of sp³-hybridized carbons (Fsp3) is 0.688. The second-order valence-electron chi connectivity index (χ2n) is 6.65.